The van der Waals surface area contributed by atoms with Crippen molar-refractivity contribution < 1.29 is 33.1 Å². The topological polar surface area (TPSA) is 115 Å². The number of hydrogen-bond acceptors (Lipinski definition) is 7. The Bertz CT molecular complexity index is 1010. The Kier molecular flexibility index (Phi) is 4.57. The van der Waals surface area contributed by atoms with E-state index in [1.54, 1.807) is 0 Å². The van der Waals surface area contributed by atoms with Crippen LogP contribution in [-0.2, 0) is 37.6 Å². The highest BCUT2D eigenvalue weighted by Gasteiger charge is 2.55. The summed E-state index contributed by atoms with van der Waals surface area (Å²) in [5.74, 6) is -1.67. The van der Waals surface area contributed by atoms with E-state index < -0.39 is 36.0 Å². The average molecular weight is 398 g/mol. The molecule has 1 unspecified atom stereocenters. The van der Waals surface area contributed by atoms with Crippen LogP contribution in [0.15, 0.2) is 40.8 Å². The molecule has 2 aromatic rings. The normalized spacial score (nSPS) is 20.0. The van der Waals surface area contributed by atoms with Crippen LogP contribution in [0.4, 0.5) is 4.79 Å². The Labute approximate surface area is 165 Å². The van der Waals surface area contributed by atoms with Crippen molar-refractivity contribution in [2.45, 2.75) is 25.0 Å². The van der Waals surface area contributed by atoms with Gasteiger partial charge >= 0.3 is 18.0 Å². The molecule has 1 aliphatic carbocycles. The van der Waals surface area contributed by atoms with Gasteiger partial charge in [0.15, 0.2) is 0 Å². The standard InChI is InChI=1S/C20H18N2O7/c1-27-17(24)15-7-6-13(29-15)11-28-16(23)10-22-18(25)20(21-19(22)26)9-8-12-4-2-3-5-14(12)20/h2-7H,8-11H2,1H3,(H,21,26). The molecular formula is C20H18N2O7. The number of imide groups is 1. The van der Waals surface area contributed by atoms with Crippen LogP contribution in [0.25, 0.3) is 0 Å². The number of esters is 2. The van der Waals surface area contributed by atoms with Gasteiger partial charge in [0, 0.05) is 0 Å². The molecular weight excluding hydrogens is 380 g/mol. The van der Waals surface area contributed by atoms with Gasteiger partial charge in [-0.05, 0) is 36.1 Å². The third kappa shape index (κ3) is 3.14. The van der Waals surface area contributed by atoms with Crippen LogP contribution in [0.5, 0.6) is 0 Å². The van der Waals surface area contributed by atoms with Gasteiger partial charge in [0.05, 0.1) is 7.11 Å². The summed E-state index contributed by atoms with van der Waals surface area (Å²) in [4.78, 5) is 49.8. The zero-order valence-corrected chi connectivity index (χ0v) is 15.6. The smallest absolute Gasteiger partial charge is 0.373 e. The molecule has 9 nitrogen and oxygen atoms in total. The number of nitrogens with one attached hydrogen (secondary N) is 1. The molecule has 1 aromatic carbocycles. The number of carbonyl (C=O) groups excluding carboxylic acids is 4. The van der Waals surface area contributed by atoms with Crippen molar-refractivity contribution in [2.75, 3.05) is 13.7 Å². The monoisotopic (exact) mass is 398 g/mol. The van der Waals surface area contributed by atoms with Gasteiger partial charge in [-0.1, -0.05) is 24.3 Å². The Hall–Kier alpha value is -3.62. The first-order valence-corrected chi connectivity index (χ1v) is 9.00. The van der Waals surface area contributed by atoms with E-state index in [4.69, 9.17) is 9.15 Å². The lowest BCUT2D eigenvalue weighted by atomic mass is 9.92. The maximum Gasteiger partial charge on any atom is 0.373 e. The molecule has 2 aliphatic rings. The number of ether oxygens (including phenoxy) is 2. The van der Waals surface area contributed by atoms with Crippen molar-refractivity contribution in [3.8, 4) is 0 Å². The molecule has 1 spiro atoms. The summed E-state index contributed by atoms with van der Waals surface area (Å²) in [7, 11) is 1.22. The molecule has 1 atom stereocenters. The number of hydrogen-bond donors (Lipinski definition) is 1. The van der Waals surface area contributed by atoms with E-state index >= 15 is 0 Å². The average Bonchev–Trinajstić information content (AvgIpc) is 3.40. The number of benzene rings is 1. The number of rotatable bonds is 5. The Morgan fingerprint density at radius 1 is 1.21 bits per heavy atom. The summed E-state index contributed by atoms with van der Waals surface area (Å²) < 4.78 is 14.8. The molecule has 0 radical (unpaired) electrons. The summed E-state index contributed by atoms with van der Waals surface area (Å²) in [6.07, 6.45) is 1.12. The van der Waals surface area contributed by atoms with Gasteiger partial charge in [-0.3, -0.25) is 14.5 Å². The lowest BCUT2D eigenvalue weighted by molar-refractivity contribution is -0.149. The summed E-state index contributed by atoms with van der Waals surface area (Å²) in [6.45, 7) is -0.757. The lowest BCUT2D eigenvalue weighted by Gasteiger charge is -2.22. The number of furan rings is 1. The molecule has 150 valence electrons. The van der Waals surface area contributed by atoms with Crippen molar-refractivity contribution in [1.82, 2.24) is 10.2 Å². The fourth-order valence-electron chi connectivity index (χ4n) is 3.73. The molecule has 0 saturated carbocycles. The van der Waals surface area contributed by atoms with Gasteiger partial charge < -0.3 is 19.2 Å². The zero-order valence-electron chi connectivity index (χ0n) is 15.6. The second kappa shape index (κ2) is 7.08. The summed E-state index contributed by atoms with van der Waals surface area (Å²) in [5, 5.41) is 2.75. The van der Waals surface area contributed by atoms with Crippen LogP contribution < -0.4 is 5.32 Å². The molecule has 1 saturated heterocycles. The largest absolute Gasteiger partial charge is 0.463 e. The van der Waals surface area contributed by atoms with Gasteiger partial charge in [-0.15, -0.1) is 0 Å². The van der Waals surface area contributed by atoms with Crippen LogP contribution >= 0.6 is 0 Å². The SMILES string of the molecule is COC(=O)c1ccc(COC(=O)CN2C(=O)NC3(CCc4ccccc43)C2=O)o1. The highest BCUT2D eigenvalue weighted by atomic mass is 16.6. The minimum absolute atomic E-state index is 0.0190. The van der Waals surface area contributed by atoms with Crippen molar-refractivity contribution in [1.29, 1.82) is 0 Å². The minimum Gasteiger partial charge on any atom is -0.463 e. The van der Waals surface area contributed by atoms with Crippen LogP contribution in [0.2, 0.25) is 0 Å². The van der Waals surface area contributed by atoms with E-state index in [0.717, 1.165) is 16.0 Å². The number of aryl methyl sites for hydroxylation is 1. The first-order valence-electron chi connectivity index (χ1n) is 9.00. The predicted octanol–water partition coefficient (Wildman–Crippen LogP) is 1.50. The van der Waals surface area contributed by atoms with Crippen molar-refractivity contribution in [3.63, 3.8) is 0 Å². The first kappa shape index (κ1) is 18.7. The summed E-state index contributed by atoms with van der Waals surface area (Å²) in [6, 6.07) is 9.67. The quantitative estimate of drug-likeness (QED) is 0.599. The van der Waals surface area contributed by atoms with Gasteiger partial charge in [-0.25, -0.2) is 9.59 Å². The highest BCUT2D eigenvalue weighted by molar-refractivity contribution is 6.09. The summed E-state index contributed by atoms with van der Waals surface area (Å²) in [5.41, 5.74) is 0.648. The number of nitrogens with zero attached hydrogens (tertiary/aromatic N) is 1. The number of amides is 3. The third-order valence-corrected chi connectivity index (χ3v) is 5.13. The molecule has 3 amide bonds. The van der Waals surface area contributed by atoms with E-state index in [9.17, 15) is 19.2 Å². The fourth-order valence-corrected chi connectivity index (χ4v) is 3.73. The number of carbonyl (C=O) groups is 4. The minimum atomic E-state index is -1.12. The second-order valence-electron chi connectivity index (χ2n) is 6.80. The molecule has 1 N–H and O–H groups in total. The van der Waals surface area contributed by atoms with E-state index in [-0.39, 0.29) is 18.1 Å². The molecule has 0 bridgehead atoms. The van der Waals surface area contributed by atoms with E-state index in [0.29, 0.717) is 12.8 Å². The predicted molar refractivity (Wildman–Crippen MR) is 96.5 cm³/mol. The molecule has 1 aliphatic heterocycles. The molecule has 4 rings (SSSR count). The van der Waals surface area contributed by atoms with Crippen LogP contribution in [-0.4, -0.2) is 42.4 Å². The summed E-state index contributed by atoms with van der Waals surface area (Å²) >= 11 is 0. The first-order chi connectivity index (χ1) is 13.9. The second-order valence-corrected chi connectivity index (χ2v) is 6.80. The van der Waals surface area contributed by atoms with Gasteiger partial charge in [0.2, 0.25) is 5.76 Å². The highest BCUT2D eigenvalue weighted by Crippen LogP contribution is 2.41. The Morgan fingerprint density at radius 3 is 2.79 bits per heavy atom. The Morgan fingerprint density at radius 2 is 2.00 bits per heavy atom. The number of urea groups is 1. The molecule has 1 aromatic heterocycles. The number of fused-ring (bicyclic) bond motifs is 2. The van der Waals surface area contributed by atoms with Crippen LogP contribution in [0.3, 0.4) is 0 Å². The van der Waals surface area contributed by atoms with Gasteiger partial charge in [0.1, 0.15) is 24.5 Å². The maximum atomic E-state index is 13.0. The zero-order chi connectivity index (χ0) is 20.6. The molecule has 2 heterocycles. The molecule has 29 heavy (non-hydrogen) atoms. The Balaban J connectivity index is 1.40. The number of methoxy groups -OCH3 is 1. The maximum absolute atomic E-state index is 13.0. The van der Waals surface area contributed by atoms with Crippen LogP contribution in [0, 0.1) is 0 Å². The van der Waals surface area contributed by atoms with Crippen molar-refractivity contribution in [2.24, 2.45) is 0 Å². The van der Waals surface area contributed by atoms with Crippen molar-refractivity contribution >= 4 is 23.9 Å². The fraction of sp³-hybridized carbons (Fsp3) is 0.300. The van der Waals surface area contributed by atoms with E-state index in [2.05, 4.69) is 10.1 Å². The molecule has 1 fully saturated rings. The van der Waals surface area contributed by atoms with Crippen LogP contribution in [0.1, 0.15) is 33.9 Å². The third-order valence-electron chi connectivity index (χ3n) is 5.13. The van der Waals surface area contributed by atoms with Crippen molar-refractivity contribution in [3.05, 3.63) is 59.0 Å². The van der Waals surface area contributed by atoms with Gasteiger partial charge in [-0.2, -0.15) is 0 Å². The van der Waals surface area contributed by atoms with Gasteiger partial charge in [0.25, 0.3) is 5.91 Å². The van der Waals surface area contributed by atoms with E-state index in [1.807, 2.05) is 24.3 Å². The van der Waals surface area contributed by atoms with E-state index in [1.165, 1.54) is 19.2 Å². The molecule has 9 heteroatoms. The lowest BCUT2D eigenvalue weighted by Crippen LogP contribution is -2.42.